The molecule has 0 saturated carbocycles. The Morgan fingerprint density at radius 2 is 1.77 bits per heavy atom. The van der Waals surface area contributed by atoms with E-state index in [1.54, 1.807) is 18.2 Å². The number of ether oxygens (including phenoxy) is 1. The maximum atomic E-state index is 12.4. The highest BCUT2D eigenvalue weighted by Crippen LogP contribution is 2.16. The Morgan fingerprint density at radius 1 is 1.05 bits per heavy atom. The summed E-state index contributed by atoms with van der Waals surface area (Å²) in [6, 6.07) is 13.6. The van der Waals surface area contributed by atoms with Gasteiger partial charge < -0.3 is 9.84 Å². The minimum absolute atomic E-state index is 0.0881. The average molecular weight is 298 g/mol. The average Bonchev–Trinajstić information content (AvgIpc) is 2.55. The van der Waals surface area contributed by atoms with Crippen molar-refractivity contribution in [3.05, 3.63) is 65.2 Å². The lowest BCUT2D eigenvalue weighted by molar-refractivity contribution is -0.140. The van der Waals surface area contributed by atoms with Gasteiger partial charge in [-0.2, -0.15) is 0 Å². The van der Waals surface area contributed by atoms with Gasteiger partial charge in [0.1, 0.15) is 5.75 Å². The van der Waals surface area contributed by atoms with Crippen LogP contribution < -0.4 is 0 Å². The van der Waals surface area contributed by atoms with Crippen molar-refractivity contribution in [3.63, 3.8) is 0 Å². The summed E-state index contributed by atoms with van der Waals surface area (Å²) in [5, 5.41) is 9.27. The van der Waals surface area contributed by atoms with Crippen LogP contribution in [0.25, 0.3) is 0 Å². The number of esters is 1. The highest BCUT2D eigenvalue weighted by molar-refractivity contribution is 6.09. The van der Waals surface area contributed by atoms with Crippen LogP contribution in [-0.2, 0) is 16.0 Å². The van der Waals surface area contributed by atoms with Crippen molar-refractivity contribution < 1.29 is 19.4 Å². The molecule has 2 rings (SSSR count). The molecule has 0 aromatic heterocycles. The molecule has 114 valence electrons. The summed E-state index contributed by atoms with van der Waals surface area (Å²) >= 11 is 0. The molecule has 4 heteroatoms. The lowest BCUT2D eigenvalue weighted by atomic mass is 9.99. The van der Waals surface area contributed by atoms with Gasteiger partial charge in [0.2, 0.25) is 0 Å². The molecular weight excluding hydrogens is 280 g/mol. The smallest absolute Gasteiger partial charge is 0.305 e. The zero-order valence-corrected chi connectivity index (χ0v) is 12.4. The number of hydrogen-bond acceptors (Lipinski definition) is 4. The summed E-state index contributed by atoms with van der Waals surface area (Å²) in [6.07, 6.45) is 1.77. The Kier molecular flexibility index (Phi) is 5.31. The fourth-order valence-corrected chi connectivity index (χ4v) is 2.19. The van der Waals surface area contributed by atoms with E-state index >= 15 is 0 Å². The van der Waals surface area contributed by atoms with Crippen molar-refractivity contribution in [3.8, 4) is 5.75 Å². The molecule has 0 aliphatic carbocycles. The van der Waals surface area contributed by atoms with Crippen molar-refractivity contribution in [1.82, 2.24) is 0 Å². The van der Waals surface area contributed by atoms with E-state index < -0.39 is 0 Å². The minimum atomic E-state index is -0.226. The van der Waals surface area contributed by atoms with Crippen LogP contribution in [0.4, 0.5) is 0 Å². The van der Waals surface area contributed by atoms with E-state index in [2.05, 4.69) is 4.74 Å². The Hall–Kier alpha value is -2.62. The monoisotopic (exact) mass is 298 g/mol. The van der Waals surface area contributed by atoms with Crippen LogP contribution in [0, 0.1) is 0 Å². The van der Waals surface area contributed by atoms with Crippen LogP contribution in [0.5, 0.6) is 5.75 Å². The zero-order chi connectivity index (χ0) is 15.9. The second-order valence-corrected chi connectivity index (χ2v) is 5.01. The van der Waals surface area contributed by atoms with Gasteiger partial charge in [-0.3, -0.25) is 9.59 Å². The number of phenolic OH excluding ortho intramolecular Hbond substituents is 1. The van der Waals surface area contributed by atoms with Gasteiger partial charge in [0.15, 0.2) is 5.78 Å². The first-order chi connectivity index (χ1) is 10.6. The number of carbonyl (C=O) groups excluding carboxylic acids is 2. The number of aryl methyl sites for hydroxylation is 1. The SMILES string of the molecule is COC(=O)CCCc1cccc(C(=O)c2ccc(O)cc2)c1. The topological polar surface area (TPSA) is 63.6 Å². The molecule has 0 bridgehead atoms. The van der Waals surface area contributed by atoms with Gasteiger partial charge in [-0.25, -0.2) is 0 Å². The Bertz CT molecular complexity index is 659. The van der Waals surface area contributed by atoms with Crippen molar-refractivity contribution >= 4 is 11.8 Å². The van der Waals surface area contributed by atoms with E-state index in [1.807, 2.05) is 18.2 Å². The second-order valence-electron chi connectivity index (χ2n) is 5.01. The predicted molar refractivity (Wildman–Crippen MR) is 82.9 cm³/mol. The second kappa shape index (κ2) is 7.41. The standard InChI is InChI=1S/C18H18O4/c1-22-17(20)7-3-5-13-4-2-6-15(12-13)18(21)14-8-10-16(19)11-9-14/h2,4,6,8-12,19H,3,5,7H2,1H3. The third kappa shape index (κ3) is 4.19. The maximum absolute atomic E-state index is 12.4. The van der Waals surface area contributed by atoms with E-state index in [0.717, 1.165) is 5.56 Å². The summed E-state index contributed by atoms with van der Waals surface area (Å²) in [4.78, 5) is 23.5. The number of aromatic hydroxyl groups is 1. The van der Waals surface area contributed by atoms with Crippen LogP contribution in [0.1, 0.15) is 34.3 Å². The summed E-state index contributed by atoms with van der Waals surface area (Å²) in [5.41, 5.74) is 2.14. The molecule has 0 aliphatic heterocycles. The molecular formula is C18H18O4. The minimum Gasteiger partial charge on any atom is -0.508 e. The molecule has 0 aliphatic rings. The lowest BCUT2D eigenvalue weighted by Crippen LogP contribution is -2.03. The van der Waals surface area contributed by atoms with Crippen molar-refractivity contribution in [1.29, 1.82) is 0 Å². The van der Waals surface area contributed by atoms with Crippen LogP contribution in [-0.4, -0.2) is 24.0 Å². The molecule has 0 amide bonds. The van der Waals surface area contributed by atoms with Crippen LogP contribution in [0.2, 0.25) is 0 Å². The molecule has 0 unspecified atom stereocenters. The summed E-state index contributed by atoms with van der Waals surface area (Å²) in [5.74, 6) is -0.181. The van der Waals surface area contributed by atoms with Crippen molar-refractivity contribution in [2.45, 2.75) is 19.3 Å². The fraction of sp³-hybridized carbons (Fsp3) is 0.222. The van der Waals surface area contributed by atoms with Gasteiger partial charge >= 0.3 is 5.97 Å². The predicted octanol–water partition coefficient (Wildman–Crippen LogP) is 3.12. The third-order valence-electron chi connectivity index (χ3n) is 3.39. The Balaban J connectivity index is 2.06. The number of methoxy groups -OCH3 is 1. The molecule has 0 heterocycles. The lowest BCUT2D eigenvalue weighted by Gasteiger charge is -2.05. The molecule has 1 N–H and O–H groups in total. The van der Waals surface area contributed by atoms with Gasteiger partial charge in [0, 0.05) is 17.5 Å². The number of hydrogen-bond donors (Lipinski definition) is 1. The number of carbonyl (C=O) groups is 2. The van der Waals surface area contributed by atoms with Crippen molar-refractivity contribution in [2.75, 3.05) is 7.11 Å². The van der Waals surface area contributed by atoms with E-state index in [9.17, 15) is 14.7 Å². The van der Waals surface area contributed by atoms with Gasteiger partial charge in [-0.15, -0.1) is 0 Å². The van der Waals surface area contributed by atoms with Gasteiger partial charge in [0.25, 0.3) is 0 Å². The summed E-state index contributed by atoms with van der Waals surface area (Å²) in [7, 11) is 1.37. The van der Waals surface area contributed by atoms with Crippen LogP contribution >= 0.6 is 0 Å². The van der Waals surface area contributed by atoms with Gasteiger partial charge in [-0.1, -0.05) is 18.2 Å². The molecule has 0 saturated heterocycles. The van der Waals surface area contributed by atoms with Crippen LogP contribution in [0.3, 0.4) is 0 Å². The molecule has 2 aromatic rings. The molecule has 4 nitrogen and oxygen atoms in total. The maximum Gasteiger partial charge on any atom is 0.305 e. The first-order valence-corrected chi connectivity index (χ1v) is 7.09. The number of ketones is 1. The molecule has 0 spiro atoms. The van der Waals surface area contributed by atoms with E-state index in [4.69, 9.17) is 0 Å². The summed E-state index contributed by atoms with van der Waals surface area (Å²) < 4.78 is 4.60. The molecule has 22 heavy (non-hydrogen) atoms. The number of phenols is 1. The Labute approximate surface area is 129 Å². The van der Waals surface area contributed by atoms with Crippen LogP contribution in [0.15, 0.2) is 48.5 Å². The zero-order valence-electron chi connectivity index (χ0n) is 12.4. The first kappa shape index (κ1) is 15.8. The van der Waals surface area contributed by atoms with Gasteiger partial charge in [-0.05, 0) is 48.7 Å². The quantitative estimate of drug-likeness (QED) is 0.657. The van der Waals surface area contributed by atoms with E-state index in [0.29, 0.717) is 30.4 Å². The molecule has 0 atom stereocenters. The molecule has 2 aromatic carbocycles. The van der Waals surface area contributed by atoms with E-state index in [1.165, 1.54) is 19.2 Å². The first-order valence-electron chi connectivity index (χ1n) is 7.09. The number of rotatable bonds is 6. The summed E-state index contributed by atoms with van der Waals surface area (Å²) in [6.45, 7) is 0. The molecule has 0 radical (unpaired) electrons. The highest BCUT2D eigenvalue weighted by Gasteiger charge is 2.10. The van der Waals surface area contributed by atoms with E-state index in [-0.39, 0.29) is 17.5 Å². The Morgan fingerprint density at radius 3 is 2.45 bits per heavy atom. The van der Waals surface area contributed by atoms with Gasteiger partial charge in [0.05, 0.1) is 7.11 Å². The normalized spacial score (nSPS) is 10.2. The highest BCUT2D eigenvalue weighted by atomic mass is 16.5. The largest absolute Gasteiger partial charge is 0.508 e. The molecule has 0 fully saturated rings. The van der Waals surface area contributed by atoms with Crippen molar-refractivity contribution in [2.24, 2.45) is 0 Å². The third-order valence-corrected chi connectivity index (χ3v) is 3.39. The number of benzene rings is 2. The fourth-order valence-electron chi connectivity index (χ4n) is 2.19.